The van der Waals surface area contributed by atoms with Crippen LogP contribution in [0.5, 0.6) is 0 Å². The largest absolute Gasteiger partial charge is 0.480 e. The number of hydrogen-bond acceptors (Lipinski definition) is 3. The SMILES string of the molecule is CC(C)(C)OC(=O)N1CC(C(F)(F)F)C1C(=O)O. The predicted molar refractivity (Wildman–Crippen MR) is 53.9 cm³/mol. The quantitative estimate of drug-likeness (QED) is 0.789. The van der Waals surface area contributed by atoms with E-state index in [0.717, 1.165) is 0 Å². The maximum atomic E-state index is 12.4. The summed E-state index contributed by atoms with van der Waals surface area (Å²) in [5.74, 6) is -3.73. The minimum Gasteiger partial charge on any atom is -0.480 e. The van der Waals surface area contributed by atoms with Gasteiger partial charge in [-0.3, -0.25) is 4.90 Å². The van der Waals surface area contributed by atoms with Crippen LogP contribution in [0.25, 0.3) is 0 Å². The first-order chi connectivity index (χ1) is 7.93. The lowest BCUT2D eigenvalue weighted by molar-refractivity contribution is -0.229. The number of halogens is 3. The van der Waals surface area contributed by atoms with Crippen molar-refractivity contribution in [2.45, 2.75) is 38.6 Å². The van der Waals surface area contributed by atoms with Gasteiger partial charge in [-0.2, -0.15) is 13.2 Å². The molecule has 1 N–H and O–H groups in total. The van der Waals surface area contributed by atoms with Crippen molar-refractivity contribution in [1.82, 2.24) is 4.90 Å². The molecular weight excluding hydrogens is 255 g/mol. The standard InChI is InChI=1S/C10H14F3NO4/c1-9(2,3)18-8(17)14-4-5(10(11,12)13)6(14)7(15)16/h5-6H,4H2,1-3H3,(H,15,16). The van der Waals surface area contributed by atoms with E-state index in [1.54, 1.807) is 20.8 Å². The monoisotopic (exact) mass is 269 g/mol. The van der Waals surface area contributed by atoms with Crippen molar-refractivity contribution in [1.29, 1.82) is 0 Å². The number of carbonyl (C=O) groups is 2. The molecule has 1 fully saturated rings. The van der Waals surface area contributed by atoms with Crippen LogP contribution in [0.15, 0.2) is 0 Å². The Morgan fingerprint density at radius 3 is 2.11 bits per heavy atom. The van der Waals surface area contributed by atoms with Crippen molar-refractivity contribution >= 4 is 12.1 Å². The second kappa shape index (κ2) is 4.33. The molecule has 1 amide bonds. The van der Waals surface area contributed by atoms with E-state index in [9.17, 15) is 22.8 Å². The minimum atomic E-state index is -4.64. The summed E-state index contributed by atoms with van der Waals surface area (Å²) in [6.45, 7) is 3.94. The van der Waals surface area contributed by atoms with Gasteiger partial charge in [0.25, 0.3) is 0 Å². The summed E-state index contributed by atoms with van der Waals surface area (Å²) < 4.78 is 42.2. The molecule has 1 heterocycles. The average molecular weight is 269 g/mol. The number of hydrogen-bond donors (Lipinski definition) is 1. The van der Waals surface area contributed by atoms with E-state index in [0.29, 0.717) is 4.90 Å². The van der Waals surface area contributed by atoms with Gasteiger partial charge in [0.2, 0.25) is 0 Å². The highest BCUT2D eigenvalue weighted by Crippen LogP contribution is 2.39. The Morgan fingerprint density at radius 1 is 1.28 bits per heavy atom. The fraction of sp³-hybridized carbons (Fsp3) is 0.800. The van der Waals surface area contributed by atoms with Crippen LogP contribution in [0.4, 0.5) is 18.0 Å². The zero-order valence-corrected chi connectivity index (χ0v) is 10.1. The molecule has 0 aromatic heterocycles. The molecular formula is C10H14F3NO4. The van der Waals surface area contributed by atoms with Crippen molar-refractivity contribution < 1.29 is 32.6 Å². The summed E-state index contributed by atoms with van der Waals surface area (Å²) in [5, 5.41) is 8.74. The van der Waals surface area contributed by atoms with E-state index in [2.05, 4.69) is 0 Å². The molecule has 0 saturated carbocycles. The van der Waals surface area contributed by atoms with Crippen molar-refractivity contribution in [2.24, 2.45) is 5.92 Å². The molecule has 104 valence electrons. The lowest BCUT2D eigenvalue weighted by atomic mass is 9.88. The number of carboxylic acid groups (broad SMARTS) is 1. The molecule has 2 unspecified atom stereocenters. The molecule has 1 saturated heterocycles. The van der Waals surface area contributed by atoms with Crippen LogP contribution in [-0.4, -0.2) is 46.4 Å². The van der Waals surface area contributed by atoms with E-state index in [1.807, 2.05) is 0 Å². The Kier molecular flexibility index (Phi) is 3.51. The summed E-state index contributed by atoms with van der Waals surface area (Å²) >= 11 is 0. The van der Waals surface area contributed by atoms with Gasteiger partial charge in [-0.25, -0.2) is 9.59 Å². The number of aliphatic carboxylic acids is 1. The molecule has 0 spiro atoms. The van der Waals surface area contributed by atoms with Crippen LogP contribution in [0, 0.1) is 5.92 Å². The summed E-state index contributed by atoms with van der Waals surface area (Å²) in [6, 6.07) is -1.90. The first kappa shape index (κ1) is 14.6. The molecule has 18 heavy (non-hydrogen) atoms. The van der Waals surface area contributed by atoms with Gasteiger partial charge in [0, 0.05) is 6.54 Å². The van der Waals surface area contributed by atoms with E-state index in [1.165, 1.54) is 0 Å². The Morgan fingerprint density at radius 2 is 1.78 bits per heavy atom. The van der Waals surface area contributed by atoms with Crippen molar-refractivity contribution in [3.8, 4) is 0 Å². The van der Waals surface area contributed by atoms with Crippen LogP contribution in [-0.2, 0) is 9.53 Å². The van der Waals surface area contributed by atoms with Gasteiger partial charge in [0.05, 0.1) is 0 Å². The first-order valence-electron chi connectivity index (χ1n) is 5.22. The van der Waals surface area contributed by atoms with Crippen molar-refractivity contribution in [3.05, 3.63) is 0 Å². The highest BCUT2D eigenvalue weighted by Gasteiger charge is 2.60. The van der Waals surface area contributed by atoms with E-state index >= 15 is 0 Å². The number of rotatable bonds is 1. The topological polar surface area (TPSA) is 66.8 Å². The third kappa shape index (κ3) is 3.05. The highest BCUT2D eigenvalue weighted by atomic mass is 19.4. The molecule has 0 aromatic rings. The summed E-state index contributed by atoms with van der Waals surface area (Å²) in [4.78, 5) is 22.8. The molecule has 8 heteroatoms. The number of nitrogens with zero attached hydrogens (tertiary/aromatic N) is 1. The van der Waals surface area contributed by atoms with Crippen LogP contribution in [0.2, 0.25) is 0 Å². The van der Waals surface area contributed by atoms with Crippen LogP contribution >= 0.6 is 0 Å². The minimum absolute atomic E-state index is 0.575. The molecule has 1 aliphatic rings. The smallest absolute Gasteiger partial charge is 0.411 e. The van der Waals surface area contributed by atoms with Gasteiger partial charge < -0.3 is 9.84 Å². The summed E-state index contributed by atoms with van der Waals surface area (Å²) in [5.41, 5.74) is -0.885. The fourth-order valence-corrected chi connectivity index (χ4v) is 1.60. The number of carboxylic acids is 1. The van der Waals surface area contributed by atoms with Gasteiger partial charge in [-0.15, -0.1) is 0 Å². The number of likely N-dealkylation sites (tertiary alicyclic amines) is 1. The molecule has 0 aromatic carbocycles. The Balaban J connectivity index is 2.76. The molecule has 0 bridgehead atoms. The normalized spacial score (nSPS) is 24.4. The van der Waals surface area contributed by atoms with Crippen molar-refractivity contribution in [2.75, 3.05) is 6.54 Å². The Hall–Kier alpha value is -1.47. The van der Waals surface area contributed by atoms with Gasteiger partial charge in [-0.1, -0.05) is 0 Å². The number of carbonyl (C=O) groups excluding carboxylic acids is 1. The first-order valence-corrected chi connectivity index (χ1v) is 5.22. The molecule has 1 rings (SSSR count). The van der Waals surface area contributed by atoms with Crippen LogP contribution < -0.4 is 0 Å². The molecule has 1 aliphatic heterocycles. The van der Waals surface area contributed by atoms with Gasteiger partial charge in [0.15, 0.2) is 0 Å². The lowest BCUT2D eigenvalue weighted by Crippen LogP contribution is -2.66. The van der Waals surface area contributed by atoms with Gasteiger partial charge >= 0.3 is 18.2 Å². The second-order valence-electron chi connectivity index (χ2n) is 5.06. The second-order valence-corrected chi connectivity index (χ2v) is 5.06. The summed E-state index contributed by atoms with van der Waals surface area (Å²) in [6.07, 6.45) is -5.68. The number of ether oxygens (including phenoxy) is 1. The van der Waals surface area contributed by atoms with Crippen LogP contribution in [0.1, 0.15) is 20.8 Å². The van der Waals surface area contributed by atoms with E-state index < -0.39 is 42.3 Å². The maximum Gasteiger partial charge on any atom is 0.411 e. The number of alkyl halides is 3. The van der Waals surface area contributed by atoms with E-state index in [4.69, 9.17) is 9.84 Å². The predicted octanol–water partition coefficient (Wildman–Crippen LogP) is 1.87. The highest BCUT2D eigenvalue weighted by molar-refractivity contribution is 5.82. The van der Waals surface area contributed by atoms with E-state index in [-0.39, 0.29) is 0 Å². The van der Waals surface area contributed by atoms with Gasteiger partial charge in [-0.05, 0) is 20.8 Å². The van der Waals surface area contributed by atoms with Crippen LogP contribution in [0.3, 0.4) is 0 Å². The Labute approximate surface area is 102 Å². The molecule has 0 aliphatic carbocycles. The maximum absolute atomic E-state index is 12.4. The Bertz CT molecular complexity index is 361. The summed E-state index contributed by atoms with van der Waals surface area (Å²) in [7, 11) is 0. The average Bonchev–Trinajstić information content (AvgIpc) is 1.91. The third-order valence-corrected chi connectivity index (χ3v) is 2.41. The number of amides is 1. The zero-order chi connectivity index (χ0) is 14.3. The fourth-order valence-electron chi connectivity index (χ4n) is 1.60. The van der Waals surface area contributed by atoms with Gasteiger partial charge in [0.1, 0.15) is 17.6 Å². The molecule has 5 nitrogen and oxygen atoms in total. The molecule has 2 atom stereocenters. The lowest BCUT2D eigenvalue weighted by Gasteiger charge is -2.45. The zero-order valence-electron chi connectivity index (χ0n) is 10.1. The molecule has 0 radical (unpaired) electrons. The van der Waals surface area contributed by atoms with Crippen molar-refractivity contribution in [3.63, 3.8) is 0 Å². The third-order valence-electron chi connectivity index (χ3n) is 2.41.